The molecule has 9 nitrogen and oxygen atoms in total. The Bertz CT molecular complexity index is 795. The van der Waals surface area contributed by atoms with E-state index in [1.54, 1.807) is 7.11 Å². The molecule has 0 aromatic heterocycles. The van der Waals surface area contributed by atoms with Gasteiger partial charge in [0.2, 0.25) is 17.7 Å². The fraction of sp³-hybridized carbons (Fsp3) is 0.909. The molecule has 9 heteroatoms. The first-order chi connectivity index (χ1) is 19.4. The molecule has 1 atom stereocenters. The highest BCUT2D eigenvalue weighted by molar-refractivity contribution is 5.87. The molecule has 0 unspecified atom stereocenters. The number of unbranched alkanes of at least 4 members (excludes halogenated alkanes) is 1. The molecule has 0 bridgehead atoms. The summed E-state index contributed by atoms with van der Waals surface area (Å²) >= 11 is 0. The summed E-state index contributed by atoms with van der Waals surface area (Å²) in [7, 11) is 1.68. The van der Waals surface area contributed by atoms with Crippen LogP contribution >= 0.6 is 0 Å². The zero-order valence-corrected chi connectivity index (χ0v) is 28.9. The minimum absolute atomic E-state index is 0.0435. The average molecular weight is 600 g/mol. The van der Waals surface area contributed by atoms with Crippen molar-refractivity contribution in [1.82, 2.24) is 16.0 Å². The highest BCUT2D eigenvalue weighted by atomic mass is 16.5. The quantitative estimate of drug-likeness (QED) is 0.130. The van der Waals surface area contributed by atoms with Crippen LogP contribution in [0, 0.1) is 21.7 Å². The van der Waals surface area contributed by atoms with Crippen molar-refractivity contribution in [2.75, 3.05) is 53.2 Å². The normalized spacial score (nSPS) is 13.5. The molecule has 0 aliphatic heterocycles. The molecule has 0 saturated carbocycles. The predicted molar refractivity (Wildman–Crippen MR) is 170 cm³/mol. The largest absolute Gasteiger partial charge is 0.384 e. The Labute approximate surface area is 257 Å². The van der Waals surface area contributed by atoms with E-state index in [4.69, 9.17) is 14.2 Å². The Morgan fingerprint density at radius 2 is 1.26 bits per heavy atom. The molecule has 0 fully saturated rings. The van der Waals surface area contributed by atoms with Gasteiger partial charge in [-0.3, -0.25) is 14.4 Å². The Morgan fingerprint density at radius 3 is 1.83 bits per heavy atom. The van der Waals surface area contributed by atoms with Gasteiger partial charge in [0.1, 0.15) is 6.04 Å². The molecule has 42 heavy (non-hydrogen) atoms. The van der Waals surface area contributed by atoms with Gasteiger partial charge in [-0.15, -0.1) is 0 Å². The minimum Gasteiger partial charge on any atom is -0.384 e. The topological polar surface area (TPSA) is 115 Å². The van der Waals surface area contributed by atoms with Gasteiger partial charge in [-0.1, -0.05) is 69.2 Å². The number of carbonyl (C=O) groups is 3. The summed E-state index contributed by atoms with van der Waals surface area (Å²) < 4.78 is 17.2. The van der Waals surface area contributed by atoms with E-state index < -0.39 is 6.04 Å². The van der Waals surface area contributed by atoms with Crippen molar-refractivity contribution in [2.24, 2.45) is 21.7 Å². The molecule has 0 spiro atoms. The summed E-state index contributed by atoms with van der Waals surface area (Å²) in [5.74, 6) is -0.329. The number of hydrogen-bond acceptors (Lipinski definition) is 6. The first kappa shape index (κ1) is 40.3. The fourth-order valence-corrected chi connectivity index (χ4v) is 4.26. The van der Waals surface area contributed by atoms with E-state index in [-0.39, 0.29) is 45.8 Å². The Kier molecular flexibility index (Phi) is 18.7. The standard InChI is InChI=1S/C33H65N3O6/c1-12-16-27(37)34-18-15-14-17-26(36-28(38)19-31(5,6)23-41-22-30(3,4)13-2)29(39)35-20-32(7,8)24-42-25-33(9,10)21-40-11/h26H,12-25H2,1-11H3,(H,34,37)(H,35,39)(H,36,38)/t26-/m1/s1. The van der Waals surface area contributed by atoms with E-state index in [9.17, 15) is 14.4 Å². The number of carbonyl (C=O) groups excluding carboxylic acids is 3. The van der Waals surface area contributed by atoms with E-state index in [2.05, 4.69) is 50.6 Å². The third kappa shape index (κ3) is 20.2. The number of methoxy groups -OCH3 is 1. The van der Waals surface area contributed by atoms with Gasteiger partial charge < -0.3 is 30.2 Å². The van der Waals surface area contributed by atoms with Crippen LogP contribution in [0.5, 0.6) is 0 Å². The van der Waals surface area contributed by atoms with E-state index in [0.717, 1.165) is 19.3 Å². The van der Waals surface area contributed by atoms with Crippen LogP contribution in [0.15, 0.2) is 0 Å². The molecule has 0 rings (SSSR count). The average Bonchev–Trinajstić information content (AvgIpc) is 2.85. The SMILES string of the molecule is CCCC(=O)NCCCC[C@@H](NC(=O)CC(C)(C)COCC(C)(C)CC)C(=O)NCC(C)(C)COCC(C)(C)COC. The van der Waals surface area contributed by atoms with Crippen LogP contribution in [-0.2, 0) is 28.6 Å². The van der Waals surface area contributed by atoms with E-state index >= 15 is 0 Å². The van der Waals surface area contributed by atoms with Gasteiger partial charge in [0.25, 0.3) is 0 Å². The maximum Gasteiger partial charge on any atom is 0.242 e. The van der Waals surface area contributed by atoms with Gasteiger partial charge in [-0.05, 0) is 42.9 Å². The lowest BCUT2D eigenvalue weighted by molar-refractivity contribution is -0.131. The fourth-order valence-electron chi connectivity index (χ4n) is 4.26. The summed E-state index contributed by atoms with van der Waals surface area (Å²) in [5, 5.41) is 8.94. The Balaban J connectivity index is 5.10. The van der Waals surface area contributed by atoms with Crippen molar-refractivity contribution in [2.45, 2.75) is 120 Å². The lowest BCUT2D eigenvalue weighted by Gasteiger charge is -2.30. The second-order valence-electron chi connectivity index (χ2n) is 15.0. The van der Waals surface area contributed by atoms with Crippen molar-refractivity contribution in [1.29, 1.82) is 0 Å². The van der Waals surface area contributed by atoms with Crippen LogP contribution < -0.4 is 16.0 Å². The number of amides is 3. The zero-order valence-electron chi connectivity index (χ0n) is 28.9. The number of ether oxygens (including phenoxy) is 3. The molecule has 3 amide bonds. The number of hydrogen-bond donors (Lipinski definition) is 3. The Morgan fingerprint density at radius 1 is 0.690 bits per heavy atom. The van der Waals surface area contributed by atoms with Crippen molar-refractivity contribution in [3.63, 3.8) is 0 Å². The van der Waals surface area contributed by atoms with Crippen LogP contribution in [0.3, 0.4) is 0 Å². The molecule has 0 radical (unpaired) electrons. The maximum absolute atomic E-state index is 13.3. The van der Waals surface area contributed by atoms with Crippen molar-refractivity contribution < 1.29 is 28.6 Å². The highest BCUT2D eigenvalue weighted by Gasteiger charge is 2.29. The third-order valence-electron chi connectivity index (χ3n) is 7.21. The van der Waals surface area contributed by atoms with Crippen molar-refractivity contribution >= 4 is 17.7 Å². The van der Waals surface area contributed by atoms with Gasteiger partial charge in [-0.25, -0.2) is 0 Å². The molecule has 0 aliphatic carbocycles. The van der Waals surface area contributed by atoms with Crippen LogP contribution in [0.1, 0.15) is 114 Å². The van der Waals surface area contributed by atoms with Crippen LogP contribution in [-0.4, -0.2) is 77.0 Å². The zero-order chi connectivity index (χ0) is 32.5. The summed E-state index contributed by atoms with van der Waals surface area (Å²) in [6, 6.07) is -0.656. The van der Waals surface area contributed by atoms with Crippen LogP contribution in [0.4, 0.5) is 0 Å². The van der Waals surface area contributed by atoms with E-state index in [0.29, 0.717) is 65.4 Å². The lowest BCUT2D eigenvalue weighted by atomic mass is 9.89. The molecule has 3 N–H and O–H groups in total. The molecular formula is C33H65N3O6. The van der Waals surface area contributed by atoms with Gasteiger partial charge in [0.15, 0.2) is 0 Å². The summed E-state index contributed by atoms with van der Waals surface area (Å²) in [4.78, 5) is 38.2. The molecule has 0 saturated heterocycles. The molecule has 0 heterocycles. The Hall–Kier alpha value is -1.71. The van der Waals surface area contributed by atoms with Gasteiger partial charge in [-0.2, -0.15) is 0 Å². The second kappa shape index (κ2) is 19.5. The van der Waals surface area contributed by atoms with Crippen molar-refractivity contribution in [3.8, 4) is 0 Å². The van der Waals surface area contributed by atoms with Crippen molar-refractivity contribution in [3.05, 3.63) is 0 Å². The third-order valence-corrected chi connectivity index (χ3v) is 7.21. The summed E-state index contributed by atoms with van der Waals surface area (Å²) in [6.07, 6.45) is 4.52. The predicted octanol–water partition coefficient (Wildman–Crippen LogP) is 5.26. The highest BCUT2D eigenvalue weighted by Crippen LogP contribution is 2.25. The molecule has 248 valence electrons. The first-order valence-corrected chi connectivity index (χ1v) is 15.9. The molecule has 0 aliphatic rings. The van der Waals surface area contributed by atoms with E-state index in [1.165, 1.54) is 0 Å². The van der Waals surface area contributed by atoms with Crippen LogP contribution in [0.25, 0.3) is 0 Å². The summed E-state index contributed by atoms with van der Waals surface area (Å²) in [6.45, 7) is 24.5. The minimum atomic E-state index is -0.656. The summed E-state index contributed by atoms with van der Waals surface area (Å²) in [5.41, 5.74) is -0.655. The monoisotopic (exact) mass is 599 g/mol. The second-order valence-corrected chi connectivity index (χ2v) is 15.0. The maximum atomic E-state index is 13.3. The first-order valence-electron chi connectivity index (χ1n) is 15.9. The van der Waals surface area contributed by atoms with Gasteiger partial charge in [0.05, 0.1) is 33.0 Å². The number of rotatable bonds is 24. The molecular weight excluding hydrogens is 534 g/mol. The number of nitrogens with one attached hydrogen (secondary N) is 3. The molecule has 0 aromatic carbocycles. The smallest absolute Gasteiger partial charge is 0.242 e. The van der Waals surface area contributed by atoms with E-state index in [1.807, 2.05) is 34.6 Å². The van der Waals surface area contributed by atoms with Crippen LogP contribution in [0.2, 0.25) is 0 Å². The van der Waals surface area contributed by atoms with Gasteiger partial charge in [0, 0.05) is 43.9 Å². The lowest BCUT2D eigenvalue weighted by Crippen LogP contribution is -2.50. The molecule has 0 aromatic rings. The van der Waals surface area contributed by atoms with Gasteiger partial charge >= 0.3 is 0 Å².